The third kappa shape index (κ3) is 2.31. The molecule has 0 aliphatic carbocycles. The minimum atomic E-state index is 0.903. The van der Waals surface area contributed by atoms with Crippen LogP contribution in [0.4, 0.5) is 0 Å². The van der Waals surface area contributed by atoms with Crippen molar-refractivity contribution in [2.24, 2.45) is 0 Å². The van der Waals surface area contributed by atoms with E-state index in [9.17, 15) is 0 Å². The smallest absolute Gasteiger partial charge is 0.136 e. The van der Waals surface area contributed by atoms with Gasteiger partial charge >= 0.3 is 0 Å². The third-order valence-corrected chi connectivity index (χ3v) is 0.991. The lowest BCUT2D eigenvalue weighted by Gasteiger charge is -1.75. The summed E-state index contributed by atoms with van der Waals surface area (Å²) in [6.45, 7) is 7.86. The van der Waals surface area contributed by atoms with Crippen molar-refractivity contribution in [3.63, 3.8) is 0 Å². The van der Waals surface area contributed by atoms with Crippen LogP contribution >= 0.6 is 0 Å². The van der Waals surface area contributed by atoms with Crippen LogP contribution in [0, 0.1) is 13.8 Å². The van der Waals surface area contributed by atoms with E-state index in [0.29, 0.717) is 0 Å². The highest BCUT2D eigenvalue weighted by molar-refractivity contribution is 5.07. The Balaban J connectivity index is 0.000000291. The van der Waals surface area contributed by atoms with E-state index < -0.39 is 0 Å². The Hall–Kier alpha value is -0.790. The molecule has 0 aliphatic heterocycles. The summed E-state index contributed by atoms with van der Waals surface area (Å²) >= 11 is 0. The summed E-state index contributed by atoms with van der Waals surface area (Å²) in [6, 6.07) is 0. The Kier molecular flexibility index (Phi) is 3.76. The largest absolute Gasteiger partial charge is 0.361 e. The van der Waals surface area contributed by atoms with E-state index in [4.69, 9.17) is 4.52 Å². The zero-order valence-electron chi connectivity index (χ0n) is 6.43. The topological polar surface area (TPSA) is 26.0 Å². The molecule has 2 nitrogen and oxygen atoms in total. The highest BCUT2D eigenvalue weighted by Gasteiger charge is 1.91. The van der Waals surface area contributed by atoms with Gasteiger partial charge in [-0.15, -0.1) is 0 Å². The first kappa shape index (κ1) is 8.21. The van der Waals surface area contributed by atoms with Crippen LogP contribution in [0.25, 0.3) is 0 Å². The van der Waals surface area contributed by atoms with Gasteiger partial charge in [-0.25, -0.2) is 0 Å². The first-order valence-electron chi connectivity index (χ1n) is 3.18. The highest BCUT2D eigenvalue weighted by Crippen LogP contribution is 2.00. The minimum absolute atomic E-state index is 0.903. The van der Waals surface area contributed by atoms with Crippen molar-refractivity contribution in [2.75, 3.05) is 0 Å². The molecule has 0 amide bonds. The van der Waals surface area contributed by atoms with E-state index in [0.717, 1.165) is 11.3 Å². The lowest BCUT2D eigenvalue weighted by atomic mass is 10.3. The fourth-order valence-electron chi connectivity index (χ4n) is 0.347. The van der Waals surface area contributed by atoms with Crippen LogP contribution in [-0.4, -0.2) is 5.16 Å². The Labute approximate surface area is 55.9 Å². The molecule has 0 fully saturated rings. The zero-order valence-corrected chi connectivity index (χ0v) is 6.43. The number of hydrogen-bond acceptors (Lipinski definition) is 2. The van der Waals surface area contributed by atoms with E-state index in [1.54, 1.807) is 6.20 Å². The van der Waals surface area contributed by atoms with Gasteiger partial charge in [0.25, 0.3) is 0 Å². The number of aromatic nitrogens is 1. The van der Waals surface area contributed by atoms with Crippen molar-refractivity contribution in [3.05, 3.63) is 17.5 Å². The Morgan fingerprint density at radius 1 is 1.33 bits per heavy atom. The summed E-state index contributed by atoms with van der Waals surface area (Å²) < 4.78 is 4.71. The summed E-state index contributed by atoms with van der Waals surface area (Å²) in [7, 11) is 0. The monoisotopic (exact) mass is 127 g/mol. The summed E-state index contributed by atoms with van der Waals surface area (Å²) in [5.41, 5.74) is 1.11. The van der Waals surface area contributed by atoms with Crippen molar-refractivity contribution < 1.29 is 4.52 Å². The van der Waals surface area contributed by atoms with Gasteiger partial charge in [0.1, 0.15) is 5.76 Å². The summed E-state index contributed by atoms with van der Waals surface area (Å²) in [5.74, 6) is 0.903. The Morgan fingerprint density at radius 2 is 1.89 bits per heavy atom. The van der Waals surface area contributed by atoms with Gasteiger partial charge in [-0.1, -0.05) is 19.0 Å². The molecular weight excluding hydrogens is 114 g/mol. The maximum Gasteiger partial charge on any atom is 0.136 e. The van der Waals surface area contributed by atoms with Crippen LogP contribution in [0.1, 0.15) is 25.2 Å². The lowest BCUT2D eigenvalue weighted by Crippen LogP contribution is -1.63. The molecule has 0 bridgehead atoms. The predicted octanol–water partition coefficient (Wildman–Crippen LogP) is 2.32. The summed E-state index contributed by atoms with van der Waals surface area (Å²) in [6.07, 6.45) is 1.70. The van der Waals surface area contributed by atoms with Crippen molar-refractivity contribution in [2.45, 2.75) is 27.7 Å². The molecule has 0 aromatic carbocycles. The van der Waals surface area contributed by atoms with E-state index in [1.807, 2.05) is 27.7 Å². The highest BCUT2D eigenvalue weighted by atomic mass is 16.5. The van der Waals surface area contributed by atoms with E-state index in [2.05, 4.69) is 5.16 Å². The average molecular weight is 127 g/mol. The first-order valence-corrected chi connectivity index (χ1v) is 3.18. The van der Waals surface area contributed by atoms with Crippen LogP contribution in [0.2, 0.25) is 0 Å². The summed E-state index contributed by atoms with van der Waals surface area (Å²) in [5, 5.41) is 3.55. The number of nitrogens with zero attached hydrogens (tertiary/aromatic N) is 1. The molecule has 0 saturated carbocycles. The molecule has 1 aromatic rings. The molecule has 0 spiro atoms. The van der Waals surface area contributed by atoms with E-state index in [1.165, 1.54) is 0 Å². The number of aryl methyl sites for hydroxylation is 2. The molecule has 0 atom stereocenters. The molecule has 0 unspecified atom stereocenters. The second-order valence-electron chi connectivity index (χ2n) is 1.56. The zero-order chi connectivity index (χ0) is 7.28. The van der Waals surface area contributed by atoms with Crippen molar-refractivity contribution in [1.29, 1.82) is 0 Å². The van der Waals surface area contributed by atoms with Gasteiger partial charge in [-0.2, -0.15) is 0 Å². The first-order chi connectivity index (χ1) is 4.30. The van der Waals surface area contributed by atoms with Gasteiger partial charge in [0.2, 0.25) is 0 Å². The van der Waals surface area contributed by atoms with E-state index >= 15 is 0 Å². The molecule has 1 aromatic heterocycles. The maximum absolute atomic E-state index is 4.71. The fourth-order valence-corrected chi connectivity index (χ4v) is 0.347. The normalized spacial score (nSPS) is 8.00. The molecule has 2 heteroatoms. The van der Waals surface area contributed by atoms with Gasteiger partial charge in [0.05, 0.1) is 6.20 Å². The molecule has 1 rings (SSSR count). The van der Waals surface area contributed by atoms with Crippen LogP contribution in [0.5, 0.6) is 0 Å². The summed E-state index contributed by atoms with van der Waals surface area (Å²) in [4.78, 5) is 0. The SMILES string of the molecule is CC.Cc1cnoc1C. The van der Waals surface area contributed by atoms with Gasteiger partial charge in [0.15, 0.2) is 0 Å². The van der Waals surface area contributed by atoms with E-state index in [-0.39, 0.29) is 0 Å². The minimum Gasteiger partial charge on any atom is -0.361 e. The number of rotatable bonds is 0. The Morgan fingerprint density at radius 3 is 2.00 bits per heavy atom. The second kappa shape index (κ2) is 4.13. The Bertz CT molecular complexity index is 141. The van der Waals surface area contributed by atoms with Crippen LogP contribution < -0.4 is 0 Å². The number of hydrogen-bond donors (Lipinski definition) is 0. The van der Waals surface area contributed by atoms with Gasteiger partial charge in [-0.05, 0) is 13.8 Å². The van der Waals surface area contributed by atoms with Gasteiger partial charge in [-0.3, -0.25) is 0 Å². The van der Waals surface area contributed by atoms with Crippen molar-refractivity contribution in [3.8, 4) is 0 Å². The molecular formula is C7H13NO. The van der Waals surface area contributed by atoms with Gasteiger partial charge in [0, 0.05) is 5.56 Å². The van der Waals surface area contributed by atoms with Crippen LogP contribution in [0.3, 0.4) is 0 Å². The second-order valence-corrected chi connectivity index (χ2v) is 1.56. The van der Waals surface area contributed by atoms with Crippen molar-refractivity contribution >= 4 is 0 Å². The predicted molar refractivity (Wildman–Crippen MR) is 37.3 cm³/mol. The third-order valence-electron chi connectivity index (χ3n) is 0.991. The molecule has 0 aliphatic rings. The van der Waals surface area contributed by atoms with Crippen molar-refractivity contribution in [1.82, 2.24) is 5.16 Å². The maximum atomic E-state index is 4.71. The average Bonchev–Trinajstić information content (AvgIpc) is 2.23. The molecule has 0 radical (unpaired) electrons. The molecule has 0 N–H and O–H groups in total. The quantitative estimate of drug-likeness (QED) is 0.534. The van der Waals surface area contributed by atoms with Crippen LogP contribution in [-0.2, 0) is 0 Å². The lowest BCUT2D eigenvalue weighted by molar-refractivity contribution is 0.396. The fraction of sp³-hybridized carbons (Fsp3) is 0.571. The van der Waals surface area contributed by atoms with Gasteiger partial charge < -0.3 is 4.52 Å². The molecule has 1 heterocycles. The van der Waals surface area contributed by atoms with Crippen LogP contribution in [0.15, 0.2) is 10.7 Å². The molecule has 52 valence electrons. The molecule has 0 saturated heterocycles. The standard InChI is InChI=1S/C5H7NO.C2H6/c1-4-3-6-7-5(4)2;1-2/h3H,1-2H3;1-2H3. The molecule has 9 heavy (non-hydrogen) atoms.